The molecule has 0 saturated carbocycles. The van der Waals surface area contributed by atoms with E-state index in [0.29, 0.717) is 26.0 Å². The molecule has 3 saturated heterocycles. The van der Waals surface area contributed by atoms with Crippen molar-refractivity contribution in [3.05, 3.63) is 0 Å². The minimum atomic E-state index is -0.941. The molecule has 1 spiro atoms. The van der Waals surface area contributed by atoms with Crippen molar-refractivity contribution >= 4 is 17.8 Å². The molecule has 3 aliphatic heterocycles. The monoisotopic (exact) mass is 267 g/mol. The molecule has 19 heavy (non-hydrogen) atoms. The molecule has 2 N–H and O–H groups in total. The van der Waals surface area contributed by atoms with Gasteiger partial charge < -0.3 is 15.0 Å². The van der Waals surface area contributed by atoms with Gasteiger partial charge in [-0.15, -0.1) is 0 Å². The minimum Gasteiger partial charge on any atom is -0.368 e. The Morgan fingerprint density at radius 3 is 2.84 bits per heavy atom. The molecule has 4 amide bonds. The van der Waals surface area contributed by atoms with Gasteiger partial charge in [0.1, 0.15) is 11.6 Å². The van der Waals surface area contributed by atoms with Gasteiger partial charge in [0.2, 0.25) is 0 Å². The van der Waals surface area contributed by atoms with Crippen LogP contribution in [0.1, 0.15) is 25.7 Å². The maximum absolute atomic E-state index is 12.3. The van der Waals surface area contributed by atoms with Crippen molar-refractivity contribution in [3.8, 4) is 0 Å². The number of ether oxygens (including phenoxy) is 1. The fraction of sp³-hybridized carbons (Fsp3) is 0.750. The Kier molecular flexibility index (Phi) is 2.93. The number of carbonyl (C=O) groups excluding carboxylic acids is 3. The van der Waals surface area contributed by atoms with Crippen LogP contribution < -0.4 is 10.6 Å². The second kappa shape index (κ2) is 4.48. The first-order valence-corrected chi connectivity index (χ1v) is 6.65. The lowest BCUT2D eigenvalue weighted by Crippen LogP contribution is -2.60. The van der Waals surface area contributed by atoms with Crippen molar-refractivity contribution in [3.63, 3.8) is 0 Å². The molecule has 0 aromatic heterocycles. The second-order valence-electron chi connectivity index (χ2n) is 5.36. The number of likely N-dealkylation sites (tertiary alicyclic amines) is 1. The lowest BCUT2D eigenvalue weighted by Gasteiger charge is -2.38. The van der Waals surface area contributed by atoms with Crippen LogP contribution in [-0.2, 0) is 14.3 Å². The van der Waals surface area contributed by atoms with Gasteiger partial charge >= 0.3 is 6.03 Å². The summed E-state index contributed by atoms with van der Waals surface area (Å²) in [5, 5.41) is 4.91. The van der Waals surface area contributed by atoms with Gasteiger partial charge in [-0.3, -0.25) is 14.9 Å². The zero-order chi connectivity index (χ0) is 13.5. The summed E-state index contributed by atoms with van der Waals surface area (Å²) in [5.74, 6) is -0.395. The van der Waals surface area contributed by atoms with Crippen molar-refractivity contribution < 1.29 is 19.1 Å². The predicted octanol–water partition coefficient (Wildman–Crippen LogP) is -0.634. The Bertz CT molecular complexity index is 433. The van der Waals surface area contributed by atoms with Gasteiger partial charge in [-0.25, -0.2) is 4.79 Å². The molecular formula is C12H17N3O4. The lowest BCUT2D eigenvalue weighted by molar-refractivity contribution is -0.144. The molecule has 0 bridgehead atoms. The quantitative estimate of drug-likeness (QED) is 0.619. The molecule has 3 heterocycles. The third kappa shape index (κ3) is 2.07. The van der Waals surface area contributed by atoms with E-state index in [2.05, 4.69) is 10.6 Å². The molecule has 7 nitrogen and oxygen atoms in total. The van der Waals surface area contributed by atoms with E-state index in [1.165, 1.54) is 0 Å². The highest BCUT2D eigenvalue weighted by atomic mass is 16.5. The highest BCUT2D eigenvalue weighted by Gasteiger charge is 2.50. The molecule has 0 radical (unpaired) electrons. The Labute approximate surface area is 110 Å². The third-order valence-electron chi connectivity index (χ3n) is 4.02. The molecule has 0 aromatic carbocycles. The summed E-state index contributed by atoms with van der Waals surface area (Å²) < 4.78 is 5.39. The number of amides is 4. The highest BCUT2D eigenvalue weighted by Crippen LogP contribution is 2.26. The maximum Gasteiger partial charge on any atom is 0.322 e. The summed E-state index contributed by atoms with van der Waals surface area (Å²) in [7, 11) is 0. The first-order chi connectivity index (χ1) is 9.11. The largest absolute Gasteiger partial charge is 0.368 e. The van der Waals surface area contributed by atoms with Crippen molar-refractivity contribution in [2.75, 3.05) is 19.7 Å². The van der Waals surface area contributed by atoms with Crippen LogP contribution in [0.3, 0.4) is 0 Å². The number of rotatable bonds is 1. The third-order valence-corrected chi connectivity index (χ3v) is 4.02. The molecule has 3 fully saturated rings. The first kappa shape index (κ1) is 12.4. The number of hydrogen-bond donors (Lipinski definition) is 2. The summed E-state index contributed by atoms with van der Waals surface area (Å²) in [6.07, 6.45) is 2.52. The van der Waals surface area contributed by atoms with E-state index < -0.39 is 11.6 Å². The minimum absolute atomic E-state index is 0.0643. The fourth-order valence-electron chi connectivity index (χ4n) is 3.04. The van der Waals surface area contributed by atoms with E-state index in [-0.39, 0.29) is 24.5 Å². The number of piperidine rings is 1. The summed E-state index contributed by atoms with van der Waals surface area (Å²) in [6.45, 7) is 1.47. The summed E-state index contributed by atoms with van der Waals surface area (Å²) in [5.41, 5.74) is -0.941. The van der Waals surface area contributed by atoms with Gasteiger partial charge in [0.15, 0.2) is 0 Å². The predicted molar refractivity (Wildman–Crippen MR) is 64.2 cm³/mol. The Balaban J connectivity index is 1.72. The average Bonchev–Trinajstić information content (AvgIpc) is 2.99. The summed E-state index contributed by atoms with van der Waals surface area (Å²) in [4.78, 5) is 37.1. The summed E-state index contributed by atoms with van der Waals surface area (Å²) in [6, 6.07) is -0.476. The SMILES string of the molecule is O=C1NC(=O)C2(CCCN(C(=O)C3CCCO3)C2)N1. The van der Waals surface area contributed by atoms with Crippen molar-refractivity contribution in [1.29, 1.82) is 0 Å². The zero-order valence-corrected chi connectivity index (χ0v) is 10.6. The van der Waals surface area contributed by atoms with E-state index >= 15 is 0 Å². The van der Waals surface area contributed by atoms with Crippen LogP contribution in [0.4, 0.5) is 4.79 Å². The van der Waals surface area contributed by atoms with Crippen molar-refractivity contribution in [2.45, 2.75) is 37.3 Å². The van der Waals surface area contributed by atoms with Gasteiger partial charge in [-0.1, -0.05) is 0 Å². The van der Waals surface area contributed by atoms with Crippen LogP contribution in [0.5, 0.6) is 0 Å². The topological polar surface area (TPSA) is 87.7 Å². The van der Waals surface area contributed by atoms with Crippen LogP contribution in [-0.4, -0.2) is 54.1 Å². The Hall–Kier alpha value is -1.63. The average molecular weight is 267 g/mol. The number of urea groups is 1. The van der Waals surface area contributed by atoms with Crippen LogP contribution >= 0.6 is 0 Å². The Morgan fingerprint density at radius 1 is 1.37 bits per heavy atom. The second-order valence-corrected chi connectivity index (χ2v) is 5.36. The van der Waals surface area contributed by atoms with Gasteiger partial charge in [0, 0.05) is 13.2 Å². The smallest absolute Gasteiger partial charge is 0.322 e. The molecule has 7 heteroatoms. The number of hydrogen-bond acceptors (Lipinski definition) is 4. The fourth-order valence-corrected chi connectivity index (χ4v) is 3.04. The highest BCUT2D eigenvalue weighted by molar-refractivity contribution is 6.07. The van der Waals surface area contributed by atoms with E-state index in [1.807, 2.05) is 0 Å². The standard InChI is InChI=1S/C12H17N3O4/c16-9(8-3-1-6-19-8)15-5-2-4-12(7-15)10(17)13-11(18)14-12/h8H,1-7H2,(H2,13,14,17,18). The molecule has 3 rings (SSSR count). The molecule has 3 aliphatic rings. The van der Waals surface area contributed by atoms with Crippen LogP contribution in [0.15, 0.2) is 0 Å². The van der Waals surface area contributed by atoms with Gasteiger partial charge in [0.25, 0.3) is 11.8 Å². The normalized spacial score (nSPS) is 34.5. The van der Waals surface area contributed by atoms with Crippen molar-refractivity contribution in [1.82, 2.24) is 15.5 Å². The van der Waals surface area contributed by atoms with E-state index in [1.54, 1.807) is 4.90 Å². The van der Waals surface area contributed by atoms with Crippen LogP contribution in [0, 0.1) is 0 Å². The van der Waals surface area contributed by atoms with Gasteiger partial charge in [0.05, 0.1) is 6.54 Å². The van der Waals surface area contributed by atoms with Crippen LogP contribution in [0.25, 0.3) is 0 Å². The van der Waals surface area contributed by atoms with Gasteiger partial charge in [-0.2, -0.15) is 0 Å². The van der Waals surface area contributed by atoms with E-state index in [0.717, 1.165) is 12.8 Å². The zero-order valence-electron chi connectivity index (χ0n) is 10.6. The van der Waals surface area contributed by atoms with E-state index in [4.69, 9.17) is 4.74 Å². The molecular weight excluding hydrogens is 250 g/mol. The van der Waals surface area contributed by atoms with Crippen molar-refractivity contribution in [2.24, 2.45) is 0 Å². The molecule has 2 atom stereocenters. The summed E-state index contributed by atoms with van der Waals surface area (Å²) >= 11 is 0. The molecule has 0 aromatic rings. The first-order valence-electron chi connectivity index (χ1n) is 6.65. The lowest BCUT2D eigenvalue weighted by atomic mass is 9.89. The van der Waals surface area contributed by atoms with E-state index in [9.17, 15) is 14.4 Å². The molecule has 0 aliphatic carbocycles. The number of imide groups is 1. The maximum atomic E-state index is 12.3. The van der Waals surface area contributed by atoms with Crippen LogP contribution in [0.2, 0.25) is 0 Å². The number of nitrogens with zero attached hydrogens (tertiary/aromatic N) is 1. The Morgan fingerprint density at radius 2 is 2.21 bits per heavy atom. The number of carbonyl (C=O) groups is 3. The molecule has 2 unspecified atom stereocenters. The number of nitrogens with one attached hydrogen (secondary N) is 2. The van der Waals surface area contributed by atoms with Gasteiger partial charge in [-0.05, 0) is 25.7 Å². The molecule has 104 valence electrons.